The summed E-state index contributed by atoms with van der Waals surface area (Å²) in [5.74, 6) is -0.664. The number of ether oxygens (including phenoxy) is 1. The number of carbonyl (C=O) groups excluding carboxylic acids is 2. The molecule has 5 heteroatoms. The van der Waals surface area contributed by atoms with E-state index in [1.165, 1.54) is 7.11 Å². The predicted octanol–water partition coefficient (Wildman–Crippen LogP) is 1.79. The van der Waals surface area contributed by atoms with Crippen LogP contribution < -0.4 is 11.1 Å². The van der Waals surface area contributed by atoms with Gasteiger partial charge in [0.2, 0.25) is 5.91 Å². The molecule has 0 saturated heterocycles. The molecule has 0 bridgehead atoms. The van der Waals surface area contributed by atoms with Gasteiger partial charge in [-0.25, -0.2) is 4.79 Å². The molecule has 0 aliphatic carbocycles. The van der Waals surface area contributed by atoms with Crippen LogP contribution in [0.4, 0.5) is 5.69 Å². The Morgan fingerprint density at radius 2 is 1.74 bits per heavy atom. The van der Waals surface area contributed by atoms with E-state index in [9.17, 15) is 9.59 Å². The topological polar surface area (TPSA) is 81.4 Å². The normalized spacial score (nSPS) is 12.7. The molecule has 0 saturated carbocycles. The van der Waals surface area contributed by atoms with Gasteiger partial charge < -0.3 is 15.8 Å². The largest absolute Gasteiger partial charge is 0.465 e. The molecule has 0 heterocycles. The van der Waals surface area contributed by atoms with Crippen molar-refractivity contribution in [1.29, 1.82) is 0 Å². The molecule has 1 atom stereocenters. The van der Waals surface area contributed by atoms with Crippen LogP contribution in [0.15, 0.2) is 24.3 Å². The molecule has 1 unspecified atom stereocenters. The molecule has 3 N–H and O–H groups in total. The van der Waals surface area contributed by atoms with Crippen LogP contribution in [0.5, 0.6) is 0 Å². The molecule has 1 amide bonds. The summed E-state index contributed by atoms with van der Waals surface area (Å²) in [5, 5.41) is 2.72. The summed E-state index contributed by atoms with van der Waals surface area (Å²) in [6.45, 7) is 5.70. The molecule has 0 fully saturated rings. The quantitative estimate of drug-likeness (QED) is 0.815. The highest BCUT2D eigenvalue weighted by Gasteiger charge is 2.27. The minimum Gasteiger partial charge on any atom is -0.465 e. The Morgan fingerprint density at radius 1 is 1.21 bits per heavy atom. The molecule has 0 spiro atoms. The lowest BCUT2D eigenvalue weighted by molar-refractivity contribution is -0.119. The van der Waals surface area contributed by atoms with Crippen molar-refractivity contribution in [3.05, 3.63) is 29.8 Å². The van der Waals surface area contributed by atoms with Crippen molar-refractivity contribution >= 4 is 17.6 Å². The average Bonchev–Trinajstić information content (AvgIpc) is 2.36. The van der Waals surface area contributed by atoms with Crippen molar-refractivity contribution in [2.45, 2.75) is 26.8 Å². The molecular weight excluding hydrogens is 244 g/mol. The number of nitrogens with two attached hydrogens (primary N) is 1. The first-order valence-electron chi connectivity index (χ1n) is 6.00. The van der Waals surface area contributed by atoms with E-state index in [1.54, 1.807) is 24.3 Å². The molecule has 0 aromatic heterocycles. The third-order valence-corrected chi connectivity index (χ3v) is 2.79. The highest BCUT2D eigenvalue weighted by Crippen LogP contribution is 2.19. The number of hydrogen-bond donors (Lipinski definition) is 2. The van der Waals surface area contributed by atoms with E-state index < -0.39 is 12.0 Å². The summed E-state index contributed by atoms with van der Waals surface area (Å²) in [5.41, 5.74) is 6.57. The second-order valence-electron chi connectivity index (χ2n) is 5.40. The highest BCUT2D eigenvalue weighted by molar-refractivity contribution is 5.96. The summed E-state index contributed by atoms with van der Waals surface area (Å²) in [7, 11) is 1.32. The van der Waals surface area contributed by atoms with Crippen LogP contribution in [-0.2, 0) is 9.53 Å². The maximum Gasteiger partial charge on any atom is 0.337 e. The zero-order valence-electron chi connectivity index (χ0n) is 11.7. The number of carbonyl (C=O) groups is 2. The van der Waals surface area contributed by atoms with Crippen molar-refractivity contribution in [2.75, 3.05) is 12.4 Å². The van der Waals surface area contributed by atoms with E-state index in [2.05, 4.69) is 10.1 Å². The molecule has 1 rings (SSSR count). The van der Waals surface area contributed by atoms with Gasteiger partial charge in [0.1, 0.15) is 0 Å². The molecular formula is C14H20N2O3. The Kier molecular flexibility index (Phi) is 4.67. The summed E-state index contributed by atoms with van der Waals surface area (Å²) in [6.07, 6.45) is 0. The molecule has 5 nitrogen and oxygen atoms in total. The van der Waals surface area contributed by atoms with Gasteiger partial charge >= 0.3 is 5.97 Å². The van der Waals surface area contributed by atoms with Crippen LogP contribution in [0.25, 0.3) is 0 Å². The predicted molar refractivity (Wildman–Crippen MR) is 73.8 cm³/mol. The van der Waals surface area contributed by atoms with Crippen LogP contribution in [0.3, 0.4) is 0 Å². The van der Waals surface area contributed by atoms with Gasteiger partial charge in [0.25, 0.3) is 0 Å². The lowest BCUT2D eigenvalue weighted by Crippen LogP contribution is -2.45. The van der Waals surface area contributed by atoms with E-state index in [4.69, 9.17) is 5.73 Å². The van der Waals surface area contributed by atoms with Crippen LogP contribution in [0.1, 0.15) is 31.1 Å². The minimum absolute atomic E-state index is 0.252. The van der Waals surface area contributed by atoms with Crippen LogP contribution in [0, 0.1) is 5.41 Å². The monoisotopic (exact) mass is 264 g/mol. The van der Waals surface area contributed by atoms with Crippen molar-refractivity contribution in [3.63, 3.8) is 0 Å². The molecule has 104 valence electrons. The number of amides is 1. The second-order valence-corrected chi connectivity index (χ2v) is 5.40. The second kappa shape index (κ2) is 5.84. The van der Waals surface area contributed by atoms with Gasteiger partial charge in [-0.05, 0) is 29.7 Å². The molecule has 0 radical (unpaired) electrons. The van der Waals surface area contributed by atoms with Gasteiger partial charge in [-0.2, -0.15) is 0 Å². The standard InChI is InChI=1S/C14H20N2O3/c1-14(2,3)11(15)12(17)16-10-7-5-9(6-8-10)13(18)19-4/h5-8,11H,15H2,1-4H3,(H,16,17). The SMILES string of the molecule is COC(=O)c1ccc(NC(=O)C(N)C(C)(C)C)cc1. The molecule has 1 aromatic rings. The number of esters is 1. The molecule has 19 heavy (non-hydrogen) atoms. The third kappa shape index (κ3) is 4.06. The van der Waals surface area contributed by atoms with Crippen molar-refractivity contribution in [3.8, 4) is 0 Å². The summed E-state index contributed by atoms with van der Waals surface area (Å²) in [6, 6.07) is 5.85. The van der Waals surface area contributed by atoms with Crippen LogP contribution in [-0.4, -0.2) is 25.0 Å². The fourth-order valence-electron chi connectivity index (χ4n) is 1.42. The highest BCUT2D eigenvalue weighted by atomic mass is 16.5. The van der Waals surface area contributed by atoms with Crippen LogP contribution >= 0.6 is 0 Å². The lowest BCUT2D eigenvalue weighted by atomic mass is 9.87. The fraction of sp³-hybridized carbons (Fsp3) is 0.429. The van der Waals surface area contributed by atoms with Gasteiger partial charge in [-0.15, -0.1) is 0 Å². The maximum absolute atomic E-state index is 11.9. The Balaban J connectivity index is 2.73. The first-order chi connectivity index (χ1) is 8.75. The first kappa shape index (κ1) is 15.2. The maximum atomic E-state index is 11.9. The van der Waals surface area contributed by atoms with Gasteiger partial charge in [0, 0.05) is 5.69 Å². The van der Waals surface area contributed by atoms with E-state index >= 15 is 0 Å². The average molecular weight is 264 g/mol. The number of nitrogens with one attached hydrogen (secondary N) is 1. The number of benzene rings is 1. The van der Waals surface area contributed by atoms with Gasteiger partial charge in [0.05, 0.1) is 18.7 Å². The Morgan fingerprint density at radius 3 is 2.16 bits per heavy atom. The van der Waals surface area contributed by atoms with Crippen molar-refractivity contribution < 1.29 is 14.3 Å². The summed E-state index contributed by atoms with van der Waals surface area (Å²) in [4.78, 5) is 23.2. The summed E-state index contributed by atoms with van der Waals surface area (Å²) >= 11 is 0. The number of hydrogen-bond acceptors (Lipinski definition) is 4. The fourth-order valence-corrected chi connectivity index (χ4v) is 1.42. The van der Waals surface area contributed by atoms with Gasteiger partial charge in [-0.3, -0.25) is 4.79 Å². The first-order valence-corrected chi connectivity index (χ1v) is 6.00. The van der Waals surface area contributed by atoms with E-state index in [1.807, 2.05) is 20.8 Å². The van der Waals surface area contributed by atoms with E-state index in [0.29, 0.717) is 11.3 Å². The van der Waals surface area contributed by atoms with E-state index in [-0.39, 0.29) is 11.3 Å². The van der Waals surface area contributed by atoms with E-state index in [0.717, 1.165) is 0 Å². The third-order valence-electron chi connectivity index (χ3n) is 2.79. The Bertz CT molecular complexity index is 461. The molecule has 1 aromatic carbocycles. The van der Waals surface area contributed by atoms with Gasteiger partial charge in [0.15, 0.2) is 0 Å². The number of rotatable bonds is 3. The minimum atomic E-state index is -0.604. The lowest BCUT2D eigenvalue weighted by Gasteiger charge is -2.25. The zero-order chi connectivity index (χ0) is 14.6. The Labute approximate surface area is 113 Å². The van der Waals surface area contributed by atoms with Gasteiger partial charge in [-0.1, -0.05) is 20.8 Å². The number of anilines is 1. The summed E-state index contributed by atoms with van der Waals surface area (Å²) < 4.78 is 4.59. The molecule has 0 aliphatic rings. The van der Waals surface area contributed by atoms with Crippen LogP contribution in [0.2, 0.25) is 0 Å². The smallest absolute Gasteiger partial charge is 0.337 e. The zero-order valence-corrected chi connectivity index (χ0v) is 11.7. The number of methoxy groups -OCH3 is 1. The molecule has 0 aliphatic heterocycles. The van der Waals surface area contributed by atoms with Crippen molar-refractivity contribution in [1.82, 2.24) is 0 Å². The van der Waals surface area contributed by atoms with Crippen molar-refractivity contribution in [2.24, 2.45) is 11.1 Å². The Hall–Kier alpha value is -1.88.